The number of hydrogen-bond donors (Lipinski definition) is 0. The van der Waals surface area contributed by atoms with Crippen molar-refractivity contribution in [1.29, 1.82) is 0 Å². The van der Waals surface area contributed by atoms with Gasteiger partial charge in [0.1, 0.15) is 28.8 Å². The minimum atomic E-state index is -5.89. The Morgan fingerprint density at radius 2 is 1.35 bits per heavy atom. The van der Waals surface area contributed by atoms with E-state index in [1.807, 2.05) is 6.08 Å². The highest BCUT2D eigenvalue weighted by Gasteiger charge is 2.49. The maximum absolute atomic E-state index is 14.7. The molecule has 0 aromatic heterocycles. The number of hydrogen-bond acceptors (Lipinski definition) is 1. The highest BCUT2D eigenvalue weighted by atomic mass is 19.4. The van der Waals surface area contributed by atoms with E-state index in [0.717, 1.165) is 37.8 Å². The summed E-state index contributed by atoms with van der Waals surface area (Å²) >= 11 is 0. The smallest absolute Gasteiger partial charge is 0.222 e. The molecule has 1 aliphatic rings. The van der Waals surface area contributed by atoms with Crippen LogP contribution in [0.25, 0.3) is 11.1 Å². The Labute approximate surface area is 190 Å². The van der Waals surface area contributed by atoms with E-state index in [1.165, 1.54) is 0 Å². The van der Waals surface area contributed by atoms with Crippen molar-refractivity contribution in [1.82, 2.24) is 0 Å². The number of aryl methyl sites for hydroxylation is 1. The van der Waals surface area contributed by atoms with Crippen LogP contribution in [0.5, 0.6) is 0 Å². The molecule has 0 aliphatic heterocycles. The first-order valence-corrected chi connectivity index (χ1v) is 10.6. The molecule has 34 heavy (non-hydrogen) atoms. The van der Waals surface area contributed by atoms with Gasteiger partial charge in [-0.1, -0.05) is 6.08 Å². The lowest BCUT2D eigenvalue weighted by molar-refractivity contribution is -0.432. The molecule has 0 amide bonds. The Balaban J connectivity index is 1.81. The Hall–Kier alpha value is -2.49. The minimum absolute atomic E-state index is 0.130. The molecule has 2 aromatic rings. The van der Waals surface area contributed by atoms with Crippen LogP contribution in [0.1, 0.15) is 43.2 Å². The quantitative estimate of drug-likeness (QED) is 0.276. The lowest BCUT2D eigenvalue weighted by Crippen LogP contribution is -2.29. The molecule has 0 N–H and O–H groups in total. The van der Waals surface area contributed by atoms with E-state index in [1.54, 1.807) is 0 Å². The van der Waals surface area contributed by atoms with Gasteiger partial charge in [0.05, 0.1) is 5.56 Å². The molecule has 1 nitrogen and oxygen atoms in total. The molecular weight excluding hydrogens is 475 g/mol. The van der Waals surface area contributed by atoms with Gasteiger partial charge >= 0.3 is 12.5 Å². The molecule has 2 aromatic carbocycles. The Bertz CT molecular complexity index is 991. The number of rotatable bonds is 7. The van der Waals surface area contributed by atoms with E-state index in [0.29, 0.717) is 30.2 Å². The molecule has 1 aliphatic carbocycles. The van der Waals surface area contributed by atoms with E-state index in [4.69, 9.17) is 0 Å². The average molecular weight is 496 g/mol. The second-order valence-corrected chi connectivity index (χ2v) is 8.37. The number of halogens is 9. The second kappa shape index (κ2) is 10.0. The summed E-state index contributed by atoms with van der Waals surface area (Å²) in [6.07, 6.45) is -4.39. The van der Waals surface area contributed by atoms with E-state index < -0.39 is 52.4 Å². The first-order valence-electron chi connectivity index (χ1n) is 10.6. The maximum Gasteiger partial charge on any atom is 0.527 e. The second-order valence-electron chi connectivity index (χ2n) is 8.37. The van der Waals surface area contributed by atoms with Gasteiger partial charge in [-0.3, -0.25) is 0 Å². The van der Waals surface area contributed by atoms with Crippen LogP contribution in [0, 0.1) is 35.1 Å². The van der Waals surface area contributed by atoms with Gasteiger partial charge in [0, 0.05) is 0 Å². The molecule has 0 unspecified atom stereocenters. The number of benzene rings is 2. The van der Waals surface area contributed by atoms with Gasteiger partial charge in [-0.05, 0) is 85.8 Å². The van der Waals surface area contributed by atoms with Gasteiger partial charge < -0.3 is 0 Å². The van der Waals surface area contributed by atoms with Gasteiger partial charge in [0.2, 0.25) is 0 Å². The molecule has 1 saturated carbocycles. The van der Waals surface area contributed by atoms with Crippen LogP contribution in [0.3, 0.4) is 0 Å². The first-order chi connectivity index (χ1) is 15.8. The van der Waals surface area contributed by atoms with Crippen molar-refractivity contribution in [2.45, 2.75) is 51.0 Å². The molecule has 1 fully saturated rings. The summed E-state index contributed by atoms with van der Waals surface area (Å²) in [5, 5.41) is 0. The van der Waals surface area contributed by atoms with E-state index >= 15 is 0 Å². The minimum Gasteiger partial charge on any atom is -0.222 e. The fraction of sp³-hybridized carbons (Fsp3) is 0.417. The van der Waals surface area contributed by atoms with Crippen molar-refractivity contribution in [2.24, 2.45) is 11.8 Å². The number of ether oxygens (including phenoxy) is 1. The van der Waals surface area contributed by atoms with Crippen LogP contribution in [-0.2, 0) is 17.3 Å². The molecular formula is C24H21F9O. The lowest BCUT2D eigenvalue weighted by atomic mass is 9.79. The van der Waals surface area contributed by atoms with E-state index in [2.05, 4.69) is 11.3 Å². The van der Waals surface area contributed by atoms with Crippen molar-refractivity contribution in [3.05, 3.63) is 71.3 Å². The van der Waals surface area contributed by atoms with E-state index in [9.17, 15) is 39.5 Å². The summed E-state index contributed by atoms with van der Waals surface area (Å²) in [6, 6.07) is 2.23. The zero-order valence-corrected chi connectivity index (χ0v) is 17.8. The Morgan fingerprint density at radius 3 is 1.82 bits per heavy atom. The maximum atomic E-state index is 14.7. The Kier molecular flexibility index (Phi) is 7.69. The van der Waals surface area contributed by atoms with Crippen LogP contribution in [0.2, 0.25) is 0 Å². The molecule has 10 heteroatoms. The number of allylic oxidation sites excluding steroid dienone is 1. The molecule has 0 saturated heterocycles. The molecule has 0 heterocycles. The van der Waals surface area contributed by atoms with Gasteiger partial charge in [-0.2, -0.15) is 8.78 Å². The van der Waals surface area contributed by atoms with Crippen molar-refractivity contribution >= 4 is 0 Å². The highest BCUT2D eigenvalue weighted by molar-refractivity contribution is 5.66. The van der Waals surface area contributed by atoms with Crippen LogP contribution in [0.15, 0.2) is 36.9 Å². The molecule has 186 valence electrons. The molecule has 0 bridgehead atoms. The van der Waals surface area contributed by atoms with Crippen molar-refractivity contribution < 1.29 is 44.3 Å². The van der Waals surface area contributed by atoms with Crippen molar-refractivity contribution in [2.75, 3.05) is 0 Å². The standard InChI is InChI=1S/C24H21F9O/c1-2-13-3-5-14(6-4-13)7-8-15-9-17(25)21(18(26)10-15)16-11-19(27)22(20(28)12-16)23(29,30)34-24(31,32)33/h2,9-14H,1,3-8H2. The monoisotopic (exact) mass is 496 g/mol. The summed E-state index contributed by atoms with van der Waals surface area (Å²) < 4.78 is 124. The summed E-state index contributed by atoms with van der Waals surface area (Å²) in [5.41, 5.74) is -3.69. The SMILES string of the molecule is C=CC1CCC(CCc2cc(F)c(-c3cc(F)c(C(F)(F)OC(F)(F)F)c(F)c3)c(F)c2)CC1. The predicted octanol–water partition coefficient (Wildman–Crippen LogP) is 8.42. The van der Waals surface area contributed by atoms with Gasteiger partial charge in [0.15, 0.2) is 0 Å². The lowest BCUT2D eigenvalue weighted by Gasteiger charge is -2.26. The summed E-state index contributed by atoms with van der Waals surface area (Å²) in [7, 11) is 0. The normalized spacial score (nSPS) is 19.3. The summed E-state index contributed by atoms with van der Waals surface area (Å²) in [6.45, 7) is 3.78. The van der Waals surface area contributed by atoms with Crippen LogP contribution < -0.4 is 0 Å². The average Bonchev–Trinajstić information content (AvgIpc) is 2.69. The van der Waals surface area contributed by atoms with E-state index in [-0.39, 0.29) is 12.1 Å². The third-order valence-corrected chi connectivity index (χ3v) is 6.03. The predicted molar refractivity (Wildman–Crippen MR) is 107 cm³/mol. The molecule has 0 spiro atoms. The molecule has 0 atom stereocenters. The number of alkyl halides is 5. The first kappa shape index (κ1) is 26.1. The third-order valence-electron chi connectivity index (χ3n) is 6.03. The van der Waals surface area contributed by atoms with Crippen LogP contribution in [-0.4, -0.2) is 6.36 Å². The summed E-state index contributed by atoms with van der Waals surface area (Å²) in [4.78, 5) is 0. The Morgan fingerprint density at radius 1 is 0.824 bits per heavy atom. The zero-order valence-electron chi connectivity index (χ0n) is 17.8. The van der Waals surface area contributed by atoms with Crippen molar-refractivity contribution in [3.8, 4) is 11.1 Å². The highest BCUT2D eigenvalue weighted by Crippen LogP contribution is 2.41. The van der Waals surface area contributed by atoms with Crippen molar-refractivity contribution in [3.63, 3.8) is 0 Å². The topological polar surface area (TPSA) is 9.23 Å². The largest absolute Gasteiger partial charge is 0.527 e. The van der Waals surface area contributed by atoms with Gasteiger partial charge in [0.25, 0.3) is 0 Å². The fourth-order valence-corrected chi connectivity index (χ4v) is 4.32. The fourth-order valence-electron chi connectivity index (χ4n) is 4.32. The van der Waals surface area contributed by atoms with Crippen LogP contribution >= 0.6 is 0 Å². The third kappa shape index (κ3) is 6.14. The van der Waals surface area contributed by atoms with Gasteiger partial charge in [-0.25, -0.2) is 22.3 Å². The molecule has 0 radical (unpaired) electrons. The zero-order chi connectivity index (χ0) is 25.3. The molecule has 3 rings (SSSR count). The summed E-state index contributed by atoms with van der Waals surface area (Å²) in [5.74, 6) is -5.81. The van der Waals surface area contributed by atoms with Gasteiger partial charge in [-0.15, -0.1) is 19.8 Å². The van der Waals surface area contributed by atoms with Crippen LogP contribution in [0.4, 0.5) is 39.5 Å².